The molecule has 0 aromatic rings. The fraction of sp³-hybridized carbons (Fsp3) is 0.917. The maximum absolute atomic E-state index is 12.3. The molecule has 0 aromatic heterocycles. The highest BCUT2D eigenvalue weighted by Crippen LogP contribution is 2.37. The van der Waals surface area contributed by atoms with Crippen LogP contribution in [0.2, 0.25) is 0 Å². The predicted octanol–water partition coefficient (Wildman–Crippen LogP) is 3.20. The molecule has 1 aliphatic carbocycles. The van der Waals surface area contributed by atoms with Gasteiger partial charge in [-0.15, -0.1) is 0 Å². The van der Waals surface area contributed by atoms with Crippen molar-refractivity contribution in [3.05, 3.63) is 0 Å². The molecule has 0 saturated heterocycles. The van der Waals surface area contributed by atoms with Gasteiger partial charge < -0.3 is 4.90 Å². The second kappa shape index (κ2) is 5.33. The van der Waals surface area contributed by atoms with Gasteiger partial charge in [-0.25, -0.2) is 0 Å². The lowest BCUT2D eigenvalue weighted by Crippen LogP contribution is -2.45. The van der Waals surface area contributed by atoms with E-state index in [9.17, 15) is 4.79 Å². The highest BCUT2D eigenvalue weighted by Gasteiger charge is 2.37. The summed E-state index contributed by atoms with van der Waals surface area (Å²) in [5.74, 6) is 0.328. The molecule has 0 heterocycles. The quantitative estimate of drug-likeness (QED) is 0.725. The van der Waals surface area contributed by atoms with Crippen LogP contribution in [0.15, 0.2) is 0 Å². The zero-order chi connectivity index (χ0) is 11.5. The molecule has 15 heavy (non-hydrogen) atoms. The molecule has 1 atom stereocenters. The molecule has 1 rings (SSSR count). The number of alkyl halides is 1. The lowest BCUT2D eigenvalue weighted by molar-refractivity contribution is -0.143. The van der Waals surface area contributed by atoms with Gasteiger partial charge in [-0.3, -0.25) is 4.79 Å². The van der Waals surface area contributed by atoms with Crippen LogP contribution in [0.1, 0.15) is 46.0 Å². The number of halogens is 1. The molecule has 1 aliphatic rings. The molecule has 0 aromatic carbocycles. The first-order valence-electron chi connectivity index (χ1n) is 5.84. The number of rotatable bonds is 3. The average molecular weight is 276 g/mol. The van der Waals surface area contributed by atoms with Crippen LogP contribution in [0.25, 0.3) is 0 Å². The van der Waals surface area contributed by atoms with E-state index < -0.39 is 0 Å². The normalized spacial score (nSPS) is 22.1. The van der Waals surface area contributed by atoms with E-state index in [2.05, 4.69) is 29.8 Å². The fourth-order valence-electron chi connectivity index (χ4n) is 2.28. The summed E-state index contributed by atoms with van der Waals surface area (Å²) in [4.78, 5) is 14.2. The van der Waals surface area contributed by atoms with Crippen LogP contribution in [0.3, 0.4) is 0 Å². The Labute approximate surface area is 102 Å². The molecular weight excluding hydrogens is 254 g/mol. The predicted molar refractivity (Wildman–Crippen MR) is 67.2 cm³/mol. The summed E-state index contributed by atoms with van der Waals surface area (Å²) in [5.41, 5.74) is -0.0938. The summed E-state index contributed by atoms with van der Waals surface area (Å²) in [6.45, 7) is 4.21. The molecule has 1 unspecified atom stereocenters. The molecule has 0 N–H and O–H groups in total. The molecule has 1 amide bonds. The topological polar surface area (TPSA) is 20.3 Å². The van der Waals surface area contributed by atoms with E-state index in [1.807, 2.05) is 11.9 Å². The number of hydrogen-bond donors (Lipinski definition) is 0. The zero-order valence-corrected chi connectivity index (χ0v) is 11.6. The Balaban J connectivity index is 2.65. The first-order chi connectivity index (χ1) is 7.01. The van der Waals surface area contributed by atoms with Crippen LogP contribution in [-0.4, -0.2) is 29.2 Å². The highest BCUT2D eigenvalue weighted by atomic mass is 79.9. The number of carbonyl (C=O) groups excluding carboxylic acids is 1. The van der Waals surface area contributed by atoms with Crippen molar-refractivity contribution in [2.45, 2.75) is 52.0 Å². The van der Waals surface area contributed by atoms with Crippen molar-refractivity contribution in [3.63, 3.8) is 0 Å². The molecule has 88 valence electrons. The van der Waals surface area contributed by atoms with E-state index in [1.54, 1.807) is 0 Å². The minimum absolute atomic E-state index is 0.0938. The lowest BCUT2D eigenvalue weighted by Gasteiger charge is -2.37. The van der Waals surface area contributed by atoms with Crippen molar-refractivity contribution < 1.29 is 4.79 Å². The number of carbonyl (C=O) groups is 1. The highest BCUT2D eigenvalue weighted by molar-refractivity contribution is 9.09. The van der Waals surface area contributed by atoms with Crippen molar-refractivity contribution in [1.82, 2.24) is 4.90 Å². The summed E-state index contributed by atoms with van der Waals surface area (Å²) in [7, 11) is 1.92. The molecular formula is C12H22BrNO. The van der Waals surface area contributed by atoms with E-state index in [4.69, 9.17) is 0 Å². The van der Waals surface area contributed by atoms with Gasteiger partial charge in [-0.2, -0.15) is 0 Å². The summed E-state index contributed by atoms with van der Waals surface area (Å²) in [6.07, 6.45) is 5.83. The van der Waals surface area contributed by atoms with Gasteiger partial charge in [0.25, 0.3) is 0 Å². The van der Waals surface area contributed by atoms with Crippen LogP contribution in [0, 0.1) is 5.41 Å². The standard InChI is InChI=1S/C12H22BrNO/c1-10(9-13)14(3)11(15)12(2)7-5-4-6-8-12/h10H,4-9H2,1-3H3. The molecule has 2 nitrogen and oxygen atoms in total. The number of nitrogens with zero attached hydrogens (tertiary/aromatic N) is 1. The van der Waals surface area contributed by atoms with Crippen LogP contribution in [0.4, 0.5) is 0 Å². The Morgan fingerprint density at radius 3 is 2.40 bits per heavy atom. The molecule has 0 aliphatic heterocycles. The Morgan fingerprint density at radius 1 is 1.40 bits per heavy atom. The van der Waals surface area contributed by atoms with Crippen LogP contribution in [0.5, 0.6) is 0 Å². The van der Waals surface area contributed by atoms with Gasteiger partial charge in [0.15, 0.2) is 0 Å². The van der Waals surface area contributed by atoms with Crippen LogP contribution in [-0.2, 0) is 4.79 Å². The Bertz CT molecular complexity index is 224. The second-order valence-corrected chi connectivity index (χ2v) is 5.69. The molecule has 3 heteroatoms. The Hall–Kier alpha value is -0.0500. The maximum Gasteiger partial charge on any atom is 0.228 e. The van der Waals surface area contributed by atoms with Crippen molar-refractivity contribution in [2.24, 2.45) is 5.41 Å². The van der Waals surface area contributed by atoms with E-state index in [0.29, 0.717) is 5.91 Å². The third-order valence-electron chi connectivity index (χ3n) is 3.68. The molecule has 0 radical (unpaired) electrons. The molecule has 1 fully saturated rings. The van der Waals surface area contributed by atoms with E-state index in [-0.39, 0.29) is 11.5 Å². The smallest absolute Gasteiger partial charge is 0.228 e. The van der Waals surface area contributed by atoms with Gasteiger partial charge in [-0.1, -0.05) is 42.1 Å². The van der Waals surface area contributed by atoms with E-state index in [1.165, 1.54) is 19.3 Å². The van der Waals surface area contributed by atoms with E-state index in [0.717, 1.165) is 18.2 Å². The third kappa shape index (κ3) is 2.96. The lowest BCUT2D eigenvalue weighted by atomic mass is 9.74. The van der Waals surface area contributed by atoms with Crippen LogP contribution < -0.4 is 0 Å². The largest absolute Gasteiger partial charge is 0.342 e. The Kier molecular flexibility index (Phi) is 4.63. The molecule has 0 spiro atoms. The van der Waals surface area contributed by atoms with Gasteiger partial charge in [0, 0.05) is 23.8 Å². The van der Waals surface area contributed by atoms with Crippen molar-refractivity contribution in [1.29, 1.82) is 0 Å². The van der Waals surface area contributed by atoms with Gasteiger partial charge in [-0.05, 0) is 19.8 Å². The van der Waals surface area contributed by atoms with Crippen LogP contribution >= 0.6 is 15.9 Å². The second-order valence-electron chi connectivity index (χ2n) is 5.04. The first-order valence-corrected chi connectivity index (χ1v) is 6.96. The minimum atomic E-state index is -0.0938. The number of amides is 1. The SMILES string of the molecule is CC(CBr)N(C)C(=O)C1(C)CCCCC1. The van der Waals surface area contributed by atoms with Crippen molar-refractivity contribution in [2.75, 3.05) is 12.4 Å². The van der Waals surface area contributed by atoms with Gasteiger partial charge in [0.05, 0.1) is 0 Å². The summed E-state index contributed by atoms with van der Waals surface area (Å²) in [6, 6.07) is 0.288. The summed E-state index contributed by atoms with van der Waals surface area (Å²) >= 11 is 3.43. The first kappa shape index (κ1) is 13.0. The number of hydrogen-bond acceptors (Lipinski definition) is 1. The maximum atomic E-state index is 12.3. The minimum Gasteiger partial charge on any atom is -0.342 e. The molecule has 0 bridgehead atoms. The fourth-order valence-corrected chi connectivity index (χ4v) is 2.71. The van der Waals surface area contributed by atoms with Crippen molar-refractivity contribution >= 4 is 21.8 Å². The van der Waals surface area contributed by atoms with E-state index >= 15 is 0 Å². The monoisotopic (exact) mass is 275 g/mol. The summed E-state index contributed by atoms with van der Waals surface area (Å²) < 4.78 is 0. The summed E-state index contributed by atoms with van der Waals surface area (Å²) in [5, 5.41) is 0.852. The van der Waals surface area contributed by atoms with Gasteiger partial charge in [0.2, 0.25) is 5.91 Å². The Morgan fingerprint density at radius 2 is 1.93 bits per heavy atom. The van der Waals surface area contributed by atoms with Gasteiger partial charge in [0.1, 0.15) is 0 Å². The molecule has 1 saturated carbocycles. The van der Waals surface area contributed by atoms with Crippen molar-refractivity contribution in [3.8, 4) is 0 Å². The average Bonchev–Trinajstić information content (AvgIpc) is 2.27. The zero-order valence-electron chi connectivity index (χ0n) is 10.1. The van der Waals surface area contributed by atoms with Gasteiger partial charge >= 0.3 is 0 Å². The third-order valence-corrected chi connectivity index (χ3v) is 4.62.